The summed E-state index contributed by atoms with van der Waals surface area (Å²) in [5.74, 6) is 6.53. The Morgan fingerprint density at radius 2 is 2.08 bits per heavy atom. The van der Waals surface area contributed by atoms with Crippen molar-refractivity contribution in [3.8, 4) is 11.8 Å². The molecule has 0 radical (unpaired) electrons. The molecule has 1 aromatic heterocycles. The predicted molar refractivity (Wildman–Crippen MR) is 48.7 cm³/mol. The fraction of sp³-hybridized carbons (Fsp3) is 0.250. The lowest BCUT2D eigenvalue weighted by molar-refractivity contribution is 1.17. The van der Waals surface area contributed by atoms with E-state index in [-0.39, 0.29) is 5.95 Å². The fourth-order valence-electron chi connectivity index (χ4n) is 0.614. The maximum atomic E-state index is 5.44. The van der Waals surface area contributed by atoms with Crippen LogP contribution in [-0.4, -0.2) is 15.8 Å². The van der Waals surface area contributed by atoms with Gasteiger partial charge in [0.05, 0.1) is 5.56 Å². The van der Waals surface area contributed by atoms with Crippen molar-refractivity contribution in [3.05, 3.63) is 18.0 Å². The molecule has 0 aliphatic rings. The van der Waals surface area contributed by atoms with E-state index in [2.05, 4.69) is 21.8 Å². The maximum absolute atomic E-state index is 5.44. The van der Waals surface area contributed by atoms with Crippen LogP contribution in [0.5, 0.6) is 0 Å². The number of nitrogens with zero attached hydrogens (tertiary/aromatic N) is 2. The van der Waals surface area contributed by atoms with Crippen molar-refractivity contribution in [1.29, 1.82) is 0 Å². The van der Waals surface area contributed by atoms with Gasteiger partial charge < -0.3 is 5.73 Å². The minimum absolute atomic E-state index is 0.262. The Morgan fingerprint density at radius 3 is 2.67 bits per heavy atom. The van der Waals surface area contributed by atoms with Crippen LogP contribution in [0.3, 0.4) is 0 Å². The molecule has 2 N–H and O–H groups in total. The Morgan fingerprint density at radius 1 is 1.42 bits per heavy atom. The second-order valence-electron chi connectivity index (χ2n) is 2.07. The molecule has 0 fully saturated rings. The number of rotatable bonds is 1. The van der Waals surface area contributed by atoms with E-state index in [1.807, 2.05) is 0 Å². The summed E-state index contributed by atoms with van der Waals surface area (Å²) >= 11 is 5.44. The number of aromatic nitrogens is 2. The highest BCUT2D eigenvalue weighted by Gasteiger charge is 1.87. The van der Waals surface area contributed by atoms with Crippen molar-refractivity contribution in [1.82, 2.24) is 9.97 Å². The van der Waals surface area contributed by atoms with Gasteiger partial charge in [0.25, 0.3) is 0 Å². The zero-order chi connectivity index (χ0) is 8.81. The SMILES string of the molecule is Nc1ncc(C#CCCCl)cn1. The molecule has 0 bridgehead atoms. The highest BCUT2D eigenvalue weighted by atomic mass is 35.5. The van der Waals surface area contributed by atoms with E-state index in [0.29, 0.717) is 12.3 Å². The van der Waals surface area contributed by atoms with Crippen molar-refractivity contribution in [2.45, 2.75) is 6.42 Å². The topological polar surface area (TPSA) is 51.8 Å². The summed E-state index contributed by atoms with van der Waals surface area (Å²) in [6.07, 6.45) is 3.85. The van der Waals surface area contributed by atoms with Crippen molar-refractivity contribution in [2.24, 2.45) is 0 Å². The minimum atomic E-state index is 0.262. The molecule has 0 saturated heterocycles. The number of alkyl halides is 1. The standard InChI is InChI=1S/C8H8ClN3/c9-4-2-1-3-7-5-11-8(10)12-6-7/h5-6H,2,4H2,(H2,10,11,12). The van der Waals surface area contributed by atoms with Crippen LogP contribution in [-0.2, 0) is 0 Å². The van der Waals surface area contributed by atoms with Gasteiger partial charge in [0.15, 0.2) is 0 Å². The quantitative estimate of drug-likeness (QED) is 0.520. The first-order valence-corrected chi connectivity index (χ1v) is 3.98. The third-order valence-corrected chi connectivity index (χ3v) is 1.31. The normalized spacial score (nSPS) is 8.75. The lowest BCUT2D eigenvalue weighted by Crippen LogP contribution is -1.93. The van der Waals surface area contributed by atoms with Crippen molar-refractivity contribution < 1.29 is 0 Å². The summed E-state index contributed by atoms with van der Waals surface area (Å²) in [4.78, 5) is 7.58. The van der Waals surface area contributed by atoms with Crippen LogP contribution in [0.15, 0.2) is 12.4 Å². The van der Waals surface area contributed by atoms with E-state index in [1.54, 1.807) is 12.4 Å². The van der Waals surface area contributed by atoms with Gasteiger partial charge in [-0.2, -0.15) is 0 Å². The molecule has 4 heteroatoms. The van der Waals surface area contributed by atoms with Crippen LogP contribution >= 0.6 is 11.6 Å². The molecule has 0 aromatic carbocycles. The van der Waals surface area contributed by atoms with E-state index in [1.165, 1.54) is 0 Å². The zero-order valence-corrected chi connectivity index (χ0v) is 7.17. The van der Waals surface area contributed by atoms with Gasteiger partial charge in [-0.15, -0.1) is 11.6 Å². The Kier molecular flexibility index (Phi) is 3.36. The van der Waals surface area contributed by atoms with E-state index in [9.17, 15) is 0 Å². The average Bonchev–Trinajstić information content (AvgIpc) is 2.09. The predicted octanol–water partition coefficient (Wildman–Crippen LogP) is 1.04. The van der Waals surface area contributed by atoms with Crippen LogP contribution in [0.2, 0.25) is 0 Å². The Hall–Kier alpha value is -1.27. The summed E-state index contributed by atoms with van der Waals surface area (Å²) < 4.78 is 0. The highest BCUT2D eigenvalue weighted by molar-refractivity contribution is 6.18. The van der Waals surface area contributed by atoms with Crippen molar-refractivity contribution >= 4 is 17.5 Å². The largest absolute Gasteiger partial charge is 0.368 e. The molecule has 0 aliphatic carbocycles. The summed E-state index contributed by atoms with van der Waals surface area (Å²) in [6, 6.07) is 0. The smallest absolute Gasteiger partial charge is 0.219 e. The minimum Gasteiger partial charge on any atom is -0.368 e. The first kappa shape index (κ1) is 8.82. The molecular formula is C8H8ClN3. The van der Waals surface area contributed by atoms with E-state index >= 15 is 0 Å². The van der Waals surface area contributed by atoms with Gasteiger partial charge in [-0.3, -0.25) is 0 Å². The molecule has 0 saturated carbocycles. The summed E-state index contributed by atoms with van der Waals surface area (Å²) in [7, 11) is 0. The van der Waals surface area contributed by atoms with Gasteiger partial charge in [0.1, 0.15) is 0 Å². The average molecular weight is 182 g/mol. The summed E-state index contributed by atoms with van der Waals surface area (Å²) in [5.41, 5.74) is 6.05. The number of halogens is 1. The molecule has 0 amide bonds. The third kappa shape index (κ3) is 2.77. The first-order chi connectivity index (χ1) is 5.83. The second-order valence-corrected chi connectivity index (χ2v) is 2.45. The zero-order valence-electron chi connectivity index (χ0n) is 6.42. The number of hydrogen-bond donors (Lipinski definition) is 1. The summed E-state index contributed by atoms with van der Waals surface area (Å²) in [6.45, 7) is 0. The Balaban J connectivity index is 2.66. The lowest BCUT2D eigenvalue weighted by Gasteiger charge is -1.89. The summed E-state index contributed by atoms with van der Waals surface area (Å²) in [5, 5.41) is 0. The van der Waals surface area contributed by atoms with Crippen LogP contribution in [0, 0.1) is 11.8 Å². The molecule has 1 heterocycles. The molecule has 1 aromatic rings. The molecule has 0 spiro atoms. The van der Waals surface area contributed by atoms with Crippen LogP contribution < -0.4 is 5.73 Å². The van der Waals surface area contributed by atoms with Crippen molar-refractivity contribution in [3.63, 3.8) is 0 Å². The first-order valence-electron chi connectivity index (χ1n) is 3.45. The van der Waals surface area contributed by atoms with Crippen molar-refractivity contribution in [2.75, 3.05) is 11.6 Å². The molecule has 62 valence electrons. The Labute approximate surface area is 76.0 Å². The van der Waals surface area contributed by atoms with Gasteiger partial charge >= 0.3 is 0 Å². The molecule has 3 nitrogen and oxygen atoms in total. The van der Waals surface area contributed by atoms with Crippen LogP contribution in [0.4, 0.5) is 5.95 Å². The molecule has 0 unspecified atom stereocenters. The second kappa shape index (κ2) is 4.58. The number of hydrogen-bond acceptors (Lipinski definition) is 3. The molecule has 12 heavy (non-hydrogen) atoms. The molecule has 0 aliphatic heterocycles. The fourth-order valence-corrected chi connectivity index (χ4v) is 0.709. The van der Waals surface area contributed by atoms with E-state index in [4.69, 9.17) is 17.3 Å². The van der Waals surface area contributed by atoms with Crippen LogP contribution in [0.25, 0.3) is 0 Å². The number of nitrogens with two attached hydrogens (primary N) is 1. The number of nitrogen functional groups attached to an aromatic ring is 1. The Bertz CT molecular complexity index is 296. The van der Waals surface area contributed by atoms with Gasteiger partial charge in [-0.25, -0.2) is 9.97 Å². The third-order valence-electron chi connectivity index (χ3n) is 1.12. The molecule has 1 rings (SSSR count). The number of anilines is 1. The lowest BCUT2D eigenvalue weighted by atomic mass is 10.3. The molecular weight excluding hydrogens is 174 g/mol. The van der Waals surface area contributed by atoms with Gasteiger partial charge in [0, 0.05) is 24.7 Å². The van der Waals surface area contributed by atoms with E-state index in [0.717, 1.165) is 5.56 Å². The van der Waals surface area contributed by atoms with Gasteiger partial charge in [-0.05, 0) is 0 Å². The van der Waals surface area contributed by atoms with Gasteiger partial charge in [0.2, 0.25) is 5.95 Å². The maximum Gasteiger partial charge on any atom is 0.219 e. The van der Waals surface area contributed by atoms with Gasteiger partial charge in [-0.1, -0.05) is 11.8 Å². The molecule has 0 atom stereocenters. The monoisotopic (exact) mass is 181 g/mol. The van der Waals surface area contributed by atoms with Crippen LogP contribution in [0.1, 0.15) is 12.0 Å². The van der Waals surface area contributed by atoms with E-state index < -0.39 is 0 Å². The highest BCUT2D eigenvalue weighted by Crippen LogP contribution is 1.94.